The molecule has 0 heterocycles. The summed E-state index contributed by atoms with van der Waals surface area (Å²) in [7, 11) is 0. The minimum atomic E-state index is 0.0690. The van der Waals surface area contributed by atoms with Crippen molar-refractivity contribution in [2.24, 2.45) is 5.73 Å². The molecule has 2 rings (SSSR count). The molecule has 0 spiro atoms. The van der Waals surface area contributed by atoms with Gasteiger partial charge in [0.15, 0.2) is 0 Å². The Kier molecular flexibility index (Phi) is 4.42. The van der Waals surface area contributed by atoms with Crippen LogP contribution < -0.4 is 10.6 Å². The van der Waals surface area contributed by atoms with Crippen LogP contribution in [0.25, 0.3) is 0 Å². The average molecular weight is 256 g/mol. The van der Waals surface area contributed by atoms with Crippen LogP contribution in [0.5, 0.6) is 5.75 Å². The van der Waals surface area contributed by atoms with Crippen LogP contribution in [0.1, 0.15) is 18.5 Å². The third-order valence-electron chi connectivity index (χ3n) is 3.28. The molecule has 19 heavy (non-hydrogen) atoms. The number of aromatic hydroxyl groups is 1. The van der Waals surface area contributed by atoms with Gasteiger partial charge in [0.1, 0.15) is 5.75 Å². The monoisotopic (exact) mass is 256 g/mol. The zero-order valence-electron chi connectivity index (χ0n) is 11.2. The number of hydrogen-bond donors (Lipinski definition) is 2. The standard InChI is InChI=1S/C16H20N2O/c1-2-18(14-8-4-3-5-9-14)16(12-17)13-7-6-10-15(19)11-13/h3-11,16,19H,2,12,17H2,1H3. The first-order chi connectivity index (χ1) is 9.26. The lowest BCUT2D eigenvalue weighted by atomic mass is 10.0. The van der Waals surface area contributed by atoms with Gasteiger partial charge in [0.05, 0.1) is 6.04 Å². The number of nitrogens with zero attached hydrogens (tertiary/aromatic N) is 1. The number of phenols is 1. The average Bonchev–Trinajstić information content (AvgIpc) is 2.45. The third-order valence-corrected chi connectivity index (χ3v) is 3.28. The van der Waals surface area contributed by atoms with Crippen molar-refractivity contribution in [3.05, 3.63) is 60.2 Å². The minimum absolute atomic E-state index is 0.0690. The number of phenolic OH excluding ortho intramolecular Hbond substituents is 1. The van der Waals surface area contributed by atoms with Gasteiger partial charge in [0, 0.05) is 18.8 Å². The first kappa shape index (κ1) is 13.4. The van der Waals surface area contributed by atoms with E-state index in [9.17, 15) is 5.11 Å². The van der Waals surface area contributed by atoms with E-state index in [1.807, 2.05) is 30.3 Å². The molecule has 2 aromatic rings. The summed E-state index contributed by atoms with van der Waals surface area (Å²) in [6.07, 6.45) is 0. The van der Waals surface area contributed by atoms with E-state index < -0.39 is 0 Å². The molecule has 100 valence electrons. The van der Waals surface area contributed by atoms with Gasteiger partial charge in [-0.1, -0.05) is 30.3 Å². The Bertz CT molecular complexity index is 513. The van der Waals surface area contributed by atoms with Crippen molar-refractivity contribution in [2.45, 2.75) is 13.0 Å². The van der Waals surface area contributed by atoms with Crippen molar-refractivity contribution in [3.63, 3.8) is 0 Å². The summed E-state index contributed by atoms with van der Waals surface area (Å²) >= 11 is 0. The summed E-state index contributed by atoms with van der Waals surface area (Å²) in [5, 5.41) is 9.62. The lowest BCUT2D eigenvalue weighted by Gasteiger charge is -2.32. The number of likely N-dealkylation sites (N-methyl/N-ethyl adjacent to an activating group) is 1. The number of anilines is 1. The van der Waals surface area contributed by atoms with Gasteiger partial charge in [-0.15, -0.1) is 0 Å². The predicted molar refractivity (Wildman–Crippen MR) is 79.4 cm³/mol. The Hall–Kier alpha value is -2.00. The topological polar surface area (TPSA) is 49.5 Å². The molecule has 0 amide bonds. The number of hydrogen-bond acceptors (Lipinski definition) is 3. The normalized spacial score (nSPS) is 12.1. The molecule has 2 aromatic carbocycles. The second-order valence-corrected chi connectivity index (χ2v) is 4.47. The summed E-state index contributed by atoms with van der Waals surface area (Å²) in [4.78, 5) is 2.24. The predicted octanol–water partition coefficient (Wildman–Crippen LogP) is 2.92. The van der Waals surface area contributed by atoms with E-state index in [2.05, 4.69) is 24.0 Å². The Morgan fingerprint density at radius 1 is 1.11 bits per heavy atom. The van der Waals surface area contributed by atoms with Crippen molar-refractivity contribution in [2.75, 3.05) is 18.0 Å². The summed E-state index contributed by atoms with van der Waals surface area (Å²) in [5.41, 5.74) is 8.12. The van der Waals surface area contributed by atoms with Crippen LogP contribution in [0.15, 0.2) is 54.6 Å². The molecule has 1 unspecified atom stereocenters. The van der Waals surface area contributed by atoms with Crippen molar-refractivity contribution >= 4 is 5.69 Å². The van der Waals surface area contributed by atoms with Crippen molar-refractivity contribution < 1.29 is 5.11 Å². The quantitative estimate of drug-likeness (QED) is 0.864. The van der Waals surface area contributed by atoms with Crippen molar-refractivity contribution in [1.29, 1.82) is 0 Å². The molecule has 0 bridgehead atoms. The Morgan fingerprint density at radius 3 is 2.42 bits per heavy atom. The van der Waals surface area contributed by atoms with E-state index >= 15 is 0 Å². The Morgan fingerprint density at radius 2 is 1.84 bits per heavy atom. The maximum absolute atomic E-state index is 9.62. The molecule has 1 atom stereocenters. The van der Waals surface area contributed by atoms with Gasteiger partial charge in [-0.05, 0) is 36.8 Å². The lowest BCUT2D eigenvalue weighted by molar-refractivity contribution is 0.473. The molecule has 3 nitrogen and oxygen atoms in total. The summed E-state index contributed by atoms with van der Waals surface area (Å²) in [6.45, 7) is 3.48. The van der Waals surface area contributed by atoms with Gasteiger partial charge < -0.3 is 15.7 Å². The first-order valence-corrected chi connectivity index (χ1v) is 6.57. The molecule has 0 fully saturated rings. The third kappa shape index (κ3) is 3.06. The minimum Gasteiger partial charge on any atom is -0.508 e. The van der Waals surface area contributed by atoms with E-state index in [1.165, 1.54) is 0 Å². The molecular weight excluding hydrogens is 236 g/mol. The van der Waals surface area contributed by atoms with Gasteiger partial charge in [-0.2, -0.15) is 0 Å². The SMILES string of the molecule is CCN(c1ccccc1)C(CN)c1cccc(O)c1. The second kappa shape index (κ2) is 6.25. The van der Waals surface area contributed by atoms with E-state index in [0.29, 0.717) is 6.54 Å². The lowest BCUT2D eigenvalue weighted by Crippen LogP contribution is -2.33. The molecule has 0 aliphatic rings. The molecule has 0 saturated carbocycles. The van der Waals surface area contributed by atoms with Crippen LogP contribution in [0, 0.1) is 0 Å². The van der Waals surface area contributed by atoms with Crippen LogP contribution in [0.2, 0.25) is 0 Å². The fourth-order valence-electron chi connectivity index (χ4n) is 2.38. The van der Waals surface area contributed by atoms with Crippen molar-refractivity contribution in [1.82, 2.24) is 0 Å². The van der Waals surface area contributed by atoms with Gasteiger partial charge >= 0.3 is 0 Å². The van der Waals surface area contributed by atoms with E-state index in [4.69, 9.17) is 5.73 Å². The van der Waals surface area contributed by atoms with Crippen LogP contribution in [0.3, 0.4) is 0 Å². The fraction of sp³-hybridized carbons (Fsp3) is 0.250. The van der Waals surface area contributed by atoms with Crippen molar-refractivity contribution in [3.8, 4) is 5.75 Å². The van der Waals surface area contributed by atoms with E-state index in [0.717, 1.165) is 17.8 Å². The molecule has 0 radical (unpaired) electrons. The largest absolute Gasteiger partial charge is 0.508 e. The van der Waals surface area contributed by atoms with E-state index in [-0.39, 0.29) is 11.8 Å². The molecule has 0 saturated heterocycles. The number of nitrogens with two attached hydrogens (primary N) is 1. The molecule has 3 N–H and O–H groups in total. The summed E-state index contributed by atoms with van der Waals surface area (Å²) < 4.78 is 0. The van der Waals surface area contributed by atoms with Gasteiger partial charge in [-0.25, -0.2) is 0 Å². The highest BCUT2D eigenvalue weighted by Crippen LogP contribution is 2.27. The zero-order chi connectivity index (χ0) is 13.7. The zero-order valence-corrected chi connectivity index (χ0v) is 11.2. The summed E-state index contributed by atoms with van der Waals surface area (Å²) in [6, 6.07) is 17.6. The van der Waals surface area contributed by atoms with E-state index in [1.54, 1.807) is 12.1 Å². The van der Waals surface area contributed by atoms with Crippen LogP contribution >= 0.6 is 0 Å². The molecule has 0 aliphatic carbocycles. The molecule has 0 aliphatic heterocycles. The molecular formula is C16H20N2O. The van der Waals surface area contributed by atoms with Gasteiger partial charge in [0.2, 0.25) is 0 Å². The van der Waals surface area contributed by atoms with Gasteiger partial charge in [0.25, 0.3) is 0 Å². The molecule has 0 aromatic heterocycles. The molecule has 3 heteroatoms. The number of rotatable bonds is 5. The maximum atomic E-state index is 9.62. The summed E-state index contributed by atoms with van der Waals surface area (Å²) in [5.74, 6) is 0.278. The van der Waals surface area contributed by atoms with Gasteiger partial charge in [-0.3, -0.25) is 0 Å². The highest BCUT2D eigenvalue weighted by Gasteiger charge is 2.18. The highest BCUT2D eigenvalue weighted by atomic mass is 16.3. The number of benzene rings is 2. The Balaban J connectivity index is 2.34. The fourth-order valence-corrected chi connectivity index (χ4v) is 2.38. The first-order valence-electron chi connectivity index (χ1n) is 6.57. The smallest absolute Gasteiger partial charge is 0.115 e. The second-order valence-electron chi connectivity index (χ2n) is 4.47. The Labute approximate surface area is 114 Å². The van der Waals surface area contributed by atoms with Crippen LogP contribution in [-0.2, 0) is 0 Å². The highest BCUT2D eigenvalue weighted by molar-refractivity contribution is 5.49. The van der Waals surface area contributed by atoms with Crippen LogP contribution in [0.4, 0.5) is 5.69 Å². The van der Waals surface area contributed by atoms with Crippen LogP contribution in [-0.4, -0.2) is 18.2 Å². The maximum Gasteiger partial charge on any atom is 0.115 e. The number of para-hydroxylation sites is 1.